The van der Waals surface area contributed by atoms with Gasteiger partial charge in [0, 0.05) is 41.6 Å². The van der Waals surface area contributed by atoms with Crippen molar-refractivity contribution >= 4 is 27.7 Å². The van der Waals surface area contributed by atoms with Crippen molar-refractivity contribution in [2.45, 2.75) is 37.6 Å². The molecule has 10 nitrogen and oxygen atoms in total. The minimum absolute atomic E-state index is 0.0625. The molecule has 2 aliphatic rings. The zero-order valence-electron chi connectivity index (χ0n) is 26.2. The zero-order valence-corrected chi connectivity index (χ0v) is 27.8. The Morgan fingerprint density at radius 1 is 0.938 bits per heavy atom. The van der Waals surface area contributed by atoms with Crippen molar-refractivity contribution in [2.24, 2.45) is 4.99 Å². The van der Waals surface area contributed by atoms with Crippen molar-refractivity contribution < 1.29 is 28.6 Å². The smallest absolute Gasteiger partial charge is 0.257 e. The summed E-state index contributed by atoms with van der Waals surface area (Å²) in [6.07, 6.45) is 0.179. The maximum Gasteiger partial charge on any atom is 0.257 e. The van der Waals surface area contributed by atoms with Crippen LogP contribution in [0, 0.1) is 0 Å². The van der Waals surface area contributed by atoms with Gasteiger partial charge in [-0.15, -0.1) is 0 Å². The first kappa shape index (κ1) is 31.6. The van der Waals surface area contributed by atoms with Gasteiger partial charge in [-0.2, -0.15) is 4.98 Å². The Bertz CT molecular complexity index is 1930. The molecule has 5 aromatic rings. The summed E-state index contributed by atoms with van der Waals surface area (Å²) in [4.78, 5) is 26.6. The Kier molecular flexibility index (Phi) is 8.96. The number of aliphatic hydroxyl groups is 1. The van der Waals surface area contributed by atoms with E-state index in [0.29, 0.717) is 49.4 Å². The van der Waals surface area contributed by atoms with Crippen molar-refractivity contribution in [3.05, 3.63) is 130 Å². The molecular weight excluding hydrogens is 676 g/mol. The molecule has 0 fully saturated rings. The van der Waals surface area contributed by atoms with Gasteiger partial charge in [0.05, 0.1) is 20.3 Å². The van der Waals surface area contributed by atoms with Crippen molar-refractivity contribution in [1.82, 2.24) is 15.0 Å². The van der Waals surface area contributed by atoms with Gasteiger partial charge < -0.3 is 28.7 Å². The molecule has 11 heteroatoms. The number of ether oxygens (including phenoxy) is 3. The lowest BCUT2D eigenvalue weighted by molar-refractivity contribution is -0.140. The van der Waals surface area contributed by atoms with Gasteiger partial charge >= 0.3 is 0 Å². The second-order valence-corrected chi connectivity index (χ2v) is 12.6. The van der Waals surface area contributed by atoms with Crippen LogP contribution in [0.2, 0.25) is 0 Å². The number of methoxy groups -OCH3 is 1. The molecule has 1 spiro atoms. The van der Waals surface area contributed by atoms with E-state index in [0.717, 1.165) is 38.0 Å². The molecule has 1 N–H and O–H groups in total. The summed E-state index contributed by atoms with van der Waals surface area (Å²) in [7, 11) is 1.61. The summed E-state index contributed by atoms with van der Waals surface area (Å²) in [5.74, 6) is 2.30. The molecular formula is C37H33BrN4O6. The second-order valence-electron chi connectivity index (χ2n) is 11.7. The van der Waals surface area contributed by atoms with E-state index in [2.05, 4.69) is 32.1 Å². The second kappa shape index (κ2) is 13.6. The van der Waals surface area contributed by atoms with E-state index in [1.54, 1.807) is 12.0 Å². The summed E-state index contributed by atoms with van der Waals surface area (Å²) in [6.45, 7) is 0.939. The Morgan fingerprint density at radius 2 is 1.65 bits per heavy atom. The maximum absolute atomic E-state index is 15.0. The normalized spacial score (nSPS) is 18.6. The topological polar surface area (TPSA) is 120 Å². The largest absolute Gasteiger partial charge is 0.497 e. The van der Waals surface area contributed by atoms with Crippen LogP contribution in [-0.2, 0) is 29.0 Å². The minimum Gasteiger partial charge on any atom is -0.497 e. The quantitative estimate of drug-likeness (QED) is 0.168. The van der Waals surface area contributed by atoms with Crippen LogP contribution in [-0.4, -0.2) is 57.8 Å². The standard InChI is InChI=1S/C37H33BrN4O6/c1-45-30-15-9-25(10-16-30)34-39-32(41-48-34)23-42-22-28-6-3-2-5-27(28)21-37(36(42)44)33(24-7-13-29(38)14-8-24)47-35(40-37)26-11-17-31(18-12-26)46-20-4-19-43/h2-3,5-18,33,43H,4,19-23H2,1H3/t33-,37-/m1/s1. The van der Waals surface area contributed by atoms with E-state index in [1.807, 2.05) is 91.0 Å². The lowest BCUT2D eigenvalue weighted by Gasteiger charge is -2.33. The number of aliphatic hydroxyl groups excluding tert-OH is 1. The number of hydrogen-bond acceptors (Lipinski definition) is 9. The van der Waals surface area contributed by atoms with E-state index in [4.69, 9.17) is 28.8 Å². The molecule has 3 heterocycles. The Labute approximate surface area is 286 Å². The highest BCUT2D eigenvalue weighted by atomic mass is 79.9. The fraction of sp³-hybridized carbons (Fsp3) is 0.243. The van der Waals surface area contributed by atoms with Gasteiger partial charge in [0.2, 0.25) is 5.90 Å². The number of carbonyl (C=O) groups is 1. The van der Waals surface area contributed by atoms with Crippen LogP contribution in [0.15, 0.2) is 111 Å². The van der Waals surface area contributed by atoms with E-state index >= 15 is 4.79 Å². The number of amides is 1. The molecule has 2 atom stereocenters. The average Bonchev–Trinajstić information content (AvgIpc) is 3.72. The van der Waals surface area contributed by atoms with Gasteiger partial charge in [-0.05, 0) is 77.4 Å². The highest BCUT2D eigenvalue weighted by Crippen LogP contribution is 2.46. The van der Waals surface area contributed by atoms with Crippen LogP contribution in [0.1, 0.15) is 40.6 Å². The van der Waals surface area contributed by atoms with Crippen molar-refractivity contribution in [3.63, 3.8) is 0 Å². The summed E-state index contributed by atoms with van der Waals surface area (Å²) >= 11 is 3.54. The molecule has 0 unspecified atom stereocenters. The number of nitrogens with zero attached hydrogens (tertiary/aromatic N) is 4. The Balaban J connectivity index is 1.27. The fourth-order valence-corrected chi connectivity index (χ4v) is 6.36. The van der Waals surface area contributed by atoms with Crippen LogP contribution in [0.3, 0.4) is 0 Å². The number of aliphatic imine (C=N–C) groups is 1. The highest BCUT2D eigenvalue weighted by molar-refractivity contribution is 9.10. The predicted molar refractivity (Wildman–Crippen MR) is 182 cm³/mol. The molecule has 4 aromatic carbocycles. The number of carbonyl (C=O) groups excluding carboxylic acids is 1. The molecule has 0 aliphatic carbocycles. The SMILES string of the molecule is COc1ccc(-c2nc(CN3Cc4ccccc4C[C@]4(N=C(c5ccc(OCCCO)cc5)O[C@@H]4c4ccc(Br)cc4)C3=O)no2)cc1. The number of aromatic nitrogens is 2. The monoisotopic (exact) mass is 708 g/mol. The van der Waals surface area contributed by atoms with Crippen molar-refractivity contribution in [1.29, 1.82) is 0 Å². The summed E-state index contributed by atoms with van der Waals surface area (Å²) in [6, 6.07) is 30.6. The van der Waals surface area contributed by atoms with E-state index < -0.39 is 11.6 Å². The first-order valence-corrected chi connectivity index (χ1v) is 16.4. The third kappa shape index (κ3) is 6.31. The molecule has 0 saturated heterocycles. The average molecular weight is 710 g/mol. The lowest BCUT2D eigenvalue weighted by Crippen LogP contribution is -2.49. The molecule has 1 aromatic heterocycles. The number of halogens is 1. The fourth-order valence-electron chi connectivity index (χ4n) is 6.10. The van der Waals surface area contributed by atoms with Gasteiger partial charge in [0.15, 0.2) is 17.5 Å². The first-order chi connectivity index (χ1) is 23.5. The molecule has 2 aliphatic heterocycles. The van der Waals surface area contributed by atoms with Crippen LogP contribution >= 0.6 is 15.9 Å². The molecule has 7 rings (SSSR count). The van der Waals surface area contributed by atoms with Crippen LogP contribution < -0.4 is 9.47 Å². The summed E-state index contributed by atoms with van der Waals surface area (Å²) < 4.78 is 24.2. The Hall–Kier alpha value is -5.00. The van der Waals surface area contributed by atoms with E-state index in [-0.39, 0.29) is 19.1 Å². The zero-order chi connectivity index (χ0) is 33.1. The summed E-state index contributed by atoms with van der Waals surface area (Å²) in [5, 5.41) is 13.3. The van der Waals surface area contributed by atoms with Gasteiger partial charge in [-0.25, -0.2) is 4.99 Å². The minimum atomic E-state index is -1.31. The number of hydrogen-bond donors (Lipinski definition) is 1. The molecule has 48 heavy (non-hydrogen) atoms. The molecule has 244 valence electrons. The highest BCUT2D eigenvalue weighted by Gasteiger charge is 2.56. The van der Waals surface area contributed by atoms with Crippen molar-refractivity contribution in [2.75, 3.05) is 20.3 Å². The van der Waals surface area contributed by atoms with Crippen LogP contribution in [0.25, 0.3) is 11.5 Å². The van der Waals surface area contributed by atoms with Gasteiger partial charge in [0.25, 0.3) is 11.8 Å². The maximum atomic E-state index is 15.0. The number of benzene rings is 4. The van der Waals surface area contributed by atoms with Gasteiger partial charge in [-0.3, -0.25) is 4.79 Å². The molecule has 0 bridgehead atoms. The number of fused-ring (bicyclic) bond motifs is 1. The van der Waals surface area contributed by atoms with Gasteiger partial charge in [0.1, 0.15) is 11.5 Å². The third-order valence-corrected chi connectivity index (χ3v) is 9.07. The summed E-state index contributed by atoms with van der Waals surface area (Å²) in [5.41, 5.74) is 3.02. The Morgan fingerprint density at radius 3 is 2.38 bits per heavy atom. The first-order valence-electron chi connectivity index (χ1n) is 15.6. The predicted octanol–water partition coefficient (Wildman–Crippen LogP) is 6.31. The third-order valence-electron chi connectivity index (χ3n) is 8.54. The van der Waals surface area contributed by atoms with E-state index in [1.165, 1.54) is 0 Å². The van der Waals surface area contributed by atoms with Gasteiger partial charge in [-0.1, -0.05) is 57.5 Å². The number of rotatable bonds is 10. The molecule has 1 amide bonds. The van der Waals surface area contributed by atoms with Crippen LogP contribution in [0.4, 0.5) is 0 Å². The molecule has 0 saturated carbocycles. The molecule has 0 radical (unpaired) electrons. The van der Waals surface area contributed by atoms with Crippen LogP contribution in [0.5, 0.6) is 11.5 Å². The van der Waals surface area contributed by atoms with Crippen molar-refractivity contribution in [3.8, 4) is 23.0 Å². The van der Waals surface area contributed by atoms with E-state index in [9.17, 15) is 0 Å². The lowest BCUT2D eigenvalue weighted by atomic mass is 9.82.